The van der Waals surface area contributed by atoms with E-state index >= 15 is 0 Å². The van der Waals surface area contributed by atoms with E-state index in [1.54, 1.807) is 36.4 Å². The van der Waals surface area contributed by atoms with Crippen molar-refractivity contribution >= 4 is 11.7 Å². The Kier molecular flexibility index (Phi) is 6.51. The summed E-state index contributed by atoms with van der Waals surface area (Å²) in [5, 5.41) is 5.93. The first kappa shape index (κ1) is 16.9. The van der Waals surface area contributed by atoms with Gasteiger partial charge in [0.15, 0.2) is 5.78 Å². The van der Waals surface area contributed by atoms with Crippen molar-refractivity contribution in [2.24, 2.45) is 0 Å². The molecule has 23 heavy (non-hydrogen) atoms. The highest BCUT2D eigenvalue weighted by Gasteiger charge is 2.21. The Morgan fingerprint density at radius 3 is 2.04 bits per heavy atom. The number of rotatable bonds is 8. The Bertz CT molecular complexity index is 626. The molecule has 2 aromatic carbocycles. The third-order valence-electron chi connectivity index (χ3n) is 3.51. The van der Waals surface area contributed by atoms with E-state index in [4.69, 9.17) is 0 Å². The molecule has 4 nitrogen and oxygen atoms in total. The molecule has 0 bridgehead atoms. The van der Waals surface area contributed by atoms with Gasteiger partial charge in [-0.2, -0.15) is 0 Å². The first-order valence-corrected chi connectivity index (χ1v) is 7.91. The second kappa shape index (κ2) is 8.86. The number of hydrogen-bond acceptors (Lipinski definition) is 3. The van der Waals surface area contributed by atoms with Crippen LogP contribution in [0.4, 0.5) is 0 Å². The number of unbranched alkanes of at least 4 members (excludes halogenated alkanes) is 1. The van der Waals surface area contributed by atoms with E-state index in [2.05, 4.69) is 17.6 Å². The smallest absolute Gasteiger partial charge is 0.252 e. The maximum absolute atomic E-state index is 12.6. The van der Waals surface area contributed by atoms with E-state index in [9.17, 15) is 9.59 Å². The fraction of sp³-hybridized carbons (Fsp3) is 0.263. The molecule has 0 spiro atoms. The normalized spacial score (nSPS) is 11.7. The Balaban J connectivity index is 2.10. The van der Waals surface area contributed by atoms with Crippen LogP contribution in [-0.2, 0) is 0 Å². The van der Waals surface area contributed by atoms with Crippen molar-refractivity contribution in [2.45, 2.75) is 25.9 Å². The van der Waals surface area contributed by atoms with Crippen LogP contribution < -0.4 is 10.6 Å². The lowest BCUT2D eigenvalue weighted by atomic mass is 10.1. The fourth-order valence-corrected chi connectivity index (χ4v) is 2.21. The van der Waals surface area contributed by atoms with E-state index in [-0.39, 0.29) is 11.7 Å². The van der Waals surface area contributed by atoms with E-state index in [1.165, 1.54) is 0 Å². The summed E-state index contributed by atoms with van der Waals surface area (Å²) < 4.78 is 0. The lowest BCUT2D eigenvalue weighted by molar-refractivity contribution is 0.0838. The first-order chi connectivity index (χ1) is 11.2. The van der Waals surface area contributed by atoms with Crippen LogP contribution in [0.25, 0.3) is 0 Å². The fourth-order valence-electron chi connectivity index (χ4n) is 2.21. The van der Waals surface area contributed by atoms with Gasteiger partial charge in [0.1, 0.15) is 6.17 Å². The van der Waals surface area contributed by atoms with Gasteiger partial charge in [-0.1, -0.05) is 61.9 Å². The standard InChI is InChI=1S/C19H22N2O2/c1-2-3-14-20-18(17(22)15-10-6-4-7-11-15)21-19(23)16-12-8-5-9-13-16/h4-13,18,20H,2-3,14H2,1H3,(H,21,23)/t18-/m1/s1. The molecule has 0 saturated carbocycles. The zero-order valence-electron chi connectivity index (χ0n) is 13.3. The van der Waals surface area contributed by atoms with Gasteiger partial charge in [0.25, 0.3) is 5.91 Å². The quantitative estimate of drug-likeness (QED) is 0.448. The highest BCUT2D eigenvalue weighted by molar-refractivity contribution is 6.04. The maximum Gasteiger partial charge on any atom is 0.252 e. The summed E-state index contributed by atoms with van der Waals surface area (Å²) in [5.74, 6) is -0.394. The Morgan fingerprint density at radius 1 is 0.913 bits per heavy atom. The molecule has 2 aromatic rings. The molecule has 0 heterocycles. The van der Waals surface area contributed by atoms with E-state index < -0.39 is 6.17 Å². The van der Waals surface area contributed by atoms with Crippen LogP contribution in [0.3, 0.4) is 0 Å². The summed E-state index contributed by atoms with van der Waals surface area (Å²) in [6.07, 6.45) is 1.24. The van der Waals surface area contributed by atoms with Crippen molar-refractivity contribution in [3.05, 3.63) is 71.8 Å². The topological polar surface area (TPSA) is 58.2 Å². The monoisotopic (exact) mass is 310 g/mol. The van der Waals surface area contributed by atoms with E-state index in [1.807, 2.05) is 24.3 Å². The third-order valence-corrected chi connectivity index (χ3v) is 3.51. The molecule has 1 atom stereocenters. The van der Waals surface area contributed by atoms with Gasteiger partial charge in [-0.25, -0.2) is 0 Å². The first-order valence-electron chi connectivity index (χ1n) is 7.91. The summed E-state index contributed by atoms with van der Waals surface area (Å²) in [5.41, 5.74) is 1.12. The second-order valence-corrected chi connectivity index (χ2v) is 5.31. The molecule has 0 fully saturated rings. The number of Topliss-reactive ketones (excluding diaryl/α,β-unsaturated/α-hetero) is 1. The van der Waals surface area contributed by atoms with Gasteiger partial charge in [-0.3, -0.25) is 14.9 Å². The molecule has 2 rings (SSSR count). The molecule has 0 aliphatic carbocycles. The number of carbonyl (C=O) groups is 2. The molecule has 120 valence electrons. The van der Waals surface area contributed by atoms with Crippen LogP contribution in [-0.4, -0.2) is 24.4 Å². The summed E-state index contributed by atoms with van der Waals surface area (Å²) in [7, 11) is 0. The Hall–Kier alpha value is -2.46. The SMILES string of the molecule is CCCCN[C@H](NC(=O)c1ccccc1)C(=O)c1ccccc1. The van der Waals surface area contributed by atoms with Crippen molar-refractivity contribution in [3.63, 3.8) is 0 Å². The summed E-state index contributed by atoms with van der Waals surface area (Å²) in [6, 6.07) is 17.9. The molecule has 0 saturated heterocycles. The summed E-state index contributed by atoms with van der Waals surface area (Å²) >= 11 is 0. The largest absolute Gasteiger partial charge is 0.330 e. The predicted molar refractivity (Wildman–Crippen MR) is 91.4 cm³/mol. The van der Waals surface area contributed by atoms with Crippen molar-refractivity contribution in [2.75, 3.05) is 6.54 Å². The Labute approximate surface area is 136 Å². The highest BCUT2D eigenvalue weighted by Crippen LogP contribution is 2.05. The van der Waals surface area contributed by atoms with Crippen molar-refractivity contribution in [3.8, 4) is 0 Å². The second-order valence-electron chi connectivity index (χ2n) is 5.31. The van der Waals surface area contributed by atoms with E-state index in [0.717, 1.165) is 12.8 Å². The lowest BCUT2D eigenvalue weighted by Crippen LogP contribution is -2.51. The molecule has 1 amide bonds. The highest BCUT2D eigenvalue weighted by atomic mass is 16.2. The summed E-state index contributed by atoms with van der Waals surface area (Å²) in [6.45, 7) is 2.76. The van der Waals surface area contributed by atoms with Crippen LogP contribution in [0.1, 0.15) is 40.5 Å². The molecule has 0 aliphatic rings. The predicted octanol–water partition coefficient (Wildman–Crippen LogP) is 3.02. The number of ketones is 1. The lowest BCUT2D eigenvalue weighted by Gasteiger charge is -2.19. The third kappa shape index (κ3) is 5.04. The minimum Gasteiger partial charge on any atom is -0.330 e. The van der Waals surface area contributed by atoms with Gasteiger partial charge < -0.3 is 5.32 Å². The number of benzene rings is 2. The Morgan fingerprint density at radius 2 is 1.48 bits per heavy atom. The summed E-state index contributed by atoms with van der Waals surface area (Å²) in [4.78, 5) is 24.9. The van der Waals surface area contributed by atoms with Crippen molar-refractivity contribution in [1.82, 2.24) is 10.6 Å². The average molecular weight is 310 g/mol. The van der Waals surface area contributed by atoms with Gasteiger partial charge in [-0.05, 0) is 25.1 Å². The minimum absolute atomic E-state index is 0.133. The minimum atomic E-state index is -0.725. The van der Waals surface area contributed by atoms with Gasteiger partial charge in [0.05, 0.1) is 0 Å². The molecule has 2 N–H and O–H groups in total. The maximum atomic E-state index is 12.6. The molecule has 0 aromatic heterocycles. The zero-order valence-corrected chi connectivity index (χ0v) is 13.3. The van der Waals surface area contributed by atoms with Crippen LogP contribution in [0, 0.1) is 0 Å². The zero-order chi connectivity index (χ0) is 16.5. The van der Waals surface area contributed by atoms with Gasteiger partial charge in [-0.15, -0.1) is 0 Å². The number of amides is 1. The van der Waals surface area contributed by atoms with Crippen molar-refractivity contribution in [1.29, 1.82) is 0 Å². The van der Waals surface area contributed by atoms with Crippen LogP contribution in [0.2, 0.25) is 0 Å². The van der Waals surface area contributed by atoms with Crippen LogP contribution in [0.5, 0.6) is 0 Å². The van der Waals surface area contributed by atoms with Crippen LogP contribution in [0.15, 0.2) is 60.7 Å². The van der Waals surface area contributed by atoms with E-state index in [0.29, 0.717) is 17.7 Å². The molecule has 0 aliphatic heterocycles. The van der Waals surface area contributed by atoms with Crippen LogP contribution >= 0.6 is 0 Å². The number of nitrogens with one attached hydrogen (secondary N) is 2. The molecule has 0 radical (unpaired) electrons. The number of hydrogen-bond donors (Lipinski definition) is 2. The molecular formula is C19H22N2O2. The van der Waals surface area contributed by atoms with Gasteiger partial charge in [0, 0.05) is 11.1 Å². The average Bonchev–Trinajstić information content (AvgIpc) is 2.62. The molecule has 0 unspecified atom stereocenters. The van der Waals surface area contributed by atoms with Gasteiger partial charge in [0.2, 0.25) is 0 Å². The van der Waals surface area contributed by atoms with Gasteiger partial charge >= 0.3 is 0 Å². The number of carbonyl (C=O) groups excluding carboxylic acids is 2. The molecular weight excluding hydrogens is 288 g/mol. The van der Waals surface area contributed by atoms with Crippen molar-refractivity contribution < 1.29 is 9.59 Å². The molecule has 4 heteroatoms.